The Morgan fingerprint density at radius 2 is 1.60 bits per heavy atom. The standard InChI is InChI=1S/C20H19N5/c1-15-22-19(24(2)14-16-9-5-3-6-10-16)18-13-21-25(20(18)23-15)17-11-7-4-8-12-17/h3-13H,14H2,1-2H3. The van der Waals surface area contributed by atoms with E-state index in [9.17, 15) is 0 Å². The summed E-state index contributed by atoms with van der Waals surface area (Å²) >= 11 is 0. The summed E-state index contributed by atoms with van der Waals surface area (Å²) in [5.41, 5.74) is 3.06. The van der Waals surface area contributed by atoms with Crippen molar-refractivity contribution in [3.63, 3.8) is 0 Å². The van der Waals surface area contributed by atoms with E-state index in [0.29, 0.717) is 0 Å². The molecule has 0 amide bonds. The van der Waals surface area contributed by atoms with Crippen molar-refractivity contribution in [1.82, 2.24) is 19.7 Å². The van der Waals surface area contributed by atoms with Crippen LogP contribution in [-0.4, -0.2) is 26.8 Å². The van der Waals surface area contributed by atoms with Crippen LogP contribution in [0.2, 0.25) is 0 Å². The van der Waals surface area contributed by atoms with Gasteiger partial charge in [0.15, 0.2) is 5.65 Å². The van der Waals surface area contributed by atoms with E-state index in [1.807, 2.05) is 61.2 Å². The second-order valence-electron chi connectivity index (χ2n) is 6.07. The second kappa shape index (κ2) is 6.36. The molecule has 0 atom stereocenters. The van der Waals surface area contributed by atoms with Crippen molar-refractivity contribution in [3.8, 4) is 5.69 Å². The van der Waals surface area contributed by atoms with E-state index in [0.717, 1.165) is 34.9 Å². The predicted octanol–water partition coefficient (Wildman–Crippen LogP) is 3.76. The van der Waals surface area contributed by atoms with Crippen LogP contribution in [0.15, 0.2) is 66.9 Å². The first-order valence-corrected chi connectivity index (χ1v) is 8.25. The highest BCUT2D eigenvalue weighted by atomic mass is 15.3. The van der Waals surface area contributed by atoms with Crippen LogP contribution in [0.5, 0.6) is 0 Å². The van der Waals surface area contributed by atoms with Gasteiger partial charge in [0.05, 0.1) is 17.3 Å². The van der Waals surface area contributed by atoms with Gasteiger partial charge in [0.2, 0.25) is 0 Å². The molecular weight excluding hydrogens is 310 g/mol. The van der Waals surface area contributed by atoms with Gasteiger partial charge in [-0.15, -0.1) is 0 Å². The van der Waals surface area contributed by atoms with Crippen LogP contribution < -0.4 is 4.90 Å². The highest BCUT2D eigenvalue weighted by Gasteiger charge is 2.15. The Kier molecular flexibility index (Phi) is 3.90. The Balaban J connectivity index is 1.78. The largest absolute Gasteiger partial charge is 0.355 e. The Labute approximate surface area is 146 Å². The van der Waals surface area contributed by atoms with Crippen molar-refractivity contribution in [2.75, 3.05) is 11.9 Å². The van der Waals surface area contributed by atoms with Crippen LogP contribution >= 0.6 is 0 Å². The summed E-state index contributed by atoms with van der Waals surface area (Å²) < 4.78 is 1.86. The van der Waals surface area contributed by atoms with E-state index >= 15 is 0 Å². The van der Waals surface area contributed by atoms with E-state index in [1.54, 1.807) is 0 Å². The van der Waals surface area contributed by atoms with E-state index < -0.39 is 0 Å². The molecule has 25 heavy (non-hydrogen) atoms. The maximum absolute atomic E-state index is 4.67. The molecule has 2 heterocycles. The Morgan fingerprint density at radius 3 is 2.32 bits per heavy atom. The molecule has 0 unspecified atom stereocenters. The molecule has 2 aromatic heterocycles. The minimum absolute atomic E-state index is 0.736. The zero-order valence-corrected chi connectivity index (χ0v) is 14.3. The fraction of sp³-hybridized carbons (Fsp3) is 0.150. The minimum Gasteiger partial charge on any atom is -0.355 e. The molecule has 0 aliphatic heterocycles. The average Bonchev–Trinajstić information content (AvgIpc) is 3.06. The third-order valence-corrected chi connectivity index (χ3v) is 4.15. The number of para-hydroxylation sites is 1. The highest BCUT2D eigenvalue weighted by molar-refractivity contribution is 5.87. The van der Waals surface area contributed by atoms with Gasteiger partial charge in [0, 0.05) is 13.6 Å². The second-order valence-corrected chi connectivity index (χ2v) is 6.07. The number of benzene rings is 2. The molecule has 4 rings (SSSR count). The summed E-state index contributed by atoms with van der Waals surface area (Å²) in [7, 11) is 2.05. The molecule has 124 valence electrons. The maximum Gasteiger partial charge on any atom is 0.168 e. The summed E-state index contributed by atoms with van der Waals surface area (Å²) in [6.45, 7) is 2.70. The summed E-state index contributed by atoms with van der Waals surface area (Å²) in [6, 6.07) is 20.4. The molecule has 5 nitrogen and oxygen atoms in total. The lowest BCUT2D eigenvalue weighted by molar-refractivity contribution is 0.875. The van der Waals surface area contributed by atoms with Crippen LogP contribution in [-0.2, 0) is 6.54 Å². The monoisotopic (exact) mass is 329 g/mol. The highest BCUT2D eigenvalue weighted by Crippen LogP contribution is 2.25. The summed E-state index contributed by atoms with van der Waals surface area (Å²) in [6.07, 6.45) is 1.85. The summed E-state index contributed by atoms with van der Waals surface area (Å²) in [4.78, 5) is 11.4. The SMILES string of the molecule is Cc1nc(N(C)Cc2ccccc2)c2cnn(-c3ccccc3)c2n1. The number of aryl methyl sites for hydroxylation is 1. The van der Waals surface area contributed by atoms with Crippen LogP contribution in [0.1, 0.15) is 11.4 Å². The smallest absolute Gasteiger partial charge is 0.168 e. The van der Waals surface area contributed by atoms with Gasteiger partial charge in [-0.25, -0.2) is 14.6 Å². The number of anilines is 1. The van der Waals surface area contributed by atoms with Crippen LogP contribution in [0.3, 0.4) is 0 Å². The van der Waals surface area contributed by atoms with Crippen molar-refractivity contribution >= 4 is 16.9 Å². The van der Waals surface area contributed by atoms with Gasteiger partial charge in [-0.1, -0.05) is 48.5 Å². The van der Waals surface area contributed by atoms with Gasteiger partial charge < -0.3 is 4.90 Å². The van der Waals surface area contributed by atoms with Crippen molar-refractivity contribution < 1.29 is 0 Å². The van der Waals surface area contributed by atoms with Gasteiger partial charge >= 0.3 is 0 Å². The van der Waals surface area contributed by atoms with Crippen LogP contribution in [0, 0.1) is 6.92 Å². The summed E-state index contributed by atoms with van der Waals surface area (Å²) in [5.74, 6) is 1.63. The first-order chi connectivity index (χ1) is 12.2. The molecule has 0 radical (unpaired) electrons. The molecule has 0 aliphatic carbocycles. The Bertz CT molecular complexity index is 993. The quantitative estimate of drug-likeness (QED) is 0.572. The topological polar surface area (TPSA) is 46.8 Å². The van der Waals surface area contributed by atoms with Gasteiger partial charge in [-0.2, -0.15) is 5.10 Å². The molecule has 2 aromatic carbocycles. The number of hydrogen-bond acceptors (Lipinski definition) is 4. The molecule has 0 fully saturated rings. The van der Waals surface area contributed by atoms with Crippen LogP contribution in [0.25, 0.3) is 16.7 Å². The third kappa shape index (κ3) is 2.96. The molecule has 0 saturated heterocycles. The fourth-order valence-corrected chi connectivity index (χ4v) is 2.98. The van der Waals surface area contributed by atoms with E-state index in [-0.39, 0.29) is 0 Å². The summed E-state index contributed by atoms with van der Waals surface area (Å²) in [5, 5.41) is 5.50. The van der Waals surface area contributed by atoms with Gasteiger partial charge in [-0.05, 0) is 24.6 Å². The Hall–Kier alpha value is -3.21. The first-order valence-electron chi connectivity index (χ1n) is 8.25. The average molecular weight is 329 g/mol. The van der Waals surface area contributed by atoms with Crippen molar-refractivity contribution in [3.05, 3.63) is 78.2 Å². The Morgan fingerprint density at radius 1 is 0.920 bits per heavy atom. The minimum atomic E-state index is 0.736. The van der Waals surface area contributed by atoms with E-state index in [2.05, 4.69) is 44.2 Å². The number of nitrogens with zero attached hydrogens (tertiary/aromatic N) is 5. The fourth-order valence-electron chi connectivity index (χ4n) is 2.98. The van der Waals surface area contributed by atoms with Crippen LogP contribution in [0.4, 0.5) is 5.82 Å². The predicted molar refractivity (Wildman–Crippen MR) is 99.9 cm³/mol. The molecule has 0 spiro atoms. The van der Waals surface area contributed by atoms with Gasteiger partial charge in [-0.3, -0.25) is 0 Å². The molecule has 0 aliphatic rings. The lowest BCUT2D eigenvalue weighted by Gasteiger charge is -2.19. The van der Waals surface area contributed by atoms with E-state index in [4.69, 9.17) is 0 Å². The number of rotatable bonds is 4. The van der Waals surface area contributed by atoms with Crippen molar-refractivity contribution in [2.45, 2.75) is 13.5 Å². The molecule has 0 saturated carbocycles. The number of aromatic nitrogens is 4. The molecular formula is C20H19N5. The number of fused-ring (bicyclic) bond motifs is 1. The molecule has 5 heteroatoms. The lowest BCUT2D eigenvalue weighted by Crippen LogP contribution is -2.18. The normalized spacial score (nSPS) is 11.0. The maximum atomic E-state index is 4.67. The number of hydrogen-bond donors (Lipinski definition) is 0. The molecule has 0 N–H and O–H groups in total. The van der Waals surface area contributed by atoms with E-state index in [1.165, 1.54) is 5.56 Å². The first kappa shape index (κ1) is 15.3. The zero-order valence-electron chi connectivity index (χ0n) is 14.3. The van der Waals surface area contributed by atoms with Crippen molar-refractivity contribution in [2.24, 2.45) is 0 Å². The lowest BCUT2D eigenvalue weighted by atomic mass is 10.2. The van der Waals surface area contributed by atoms with Crippen molar-refractivity contribution in [1.29, 1.82) is 0 Å². The zero-order chi connectivity index (χ0) is 17.2. The molecule has 4 aromatic rings. The molecule has 0 bridgehead atoms. The third-order valence-electron chi connectivity index (χ3n) is 4.15. The van der Waals surface area contributed by atoms with Gasteiger partial charge in [0.1, 0.15) is 11.6 Å². The van der Waals surface area contributed by atoms with Gasteiger partial charge in [0.25, 0.3) is 0 Å².